The van der Waals surface area contributed by atoms with Crippen molar-refractivity contribution in [3.8, 4) is 0 Å². The summed E-state index contributed by atoms with van der Waals surface area (Å²) in [7, 11) is 2.43. The van der Waals surface area contributed by atoms with Crippen molar-refractivity contribution in [2.45, 2.75) is 0 Å². The highest BCUT2D eigenvalue weighted by molar-refractivity contribution is 6.07. The average molecular weight is 389 g/mol. The molecule has 1 N–H and O–H groups in total. The van der Waals surface area contributed by atoms with Crippen LogP contribution < -0.4 is 5.32 Å². The summed E-state index contributed by atoms with van der Waals surface area (Å²) in [5.41, 5.74) is 1.33. The van der Waals surface area contributed by atoms with E-state index in [1.165, 1.54) is 38.5 Å². The number of ether oxygens (including phenoxy) is 2. The van der Waals surface area contributed by atoms with Crippen LogP contribution in [-0.2, 0) is 14.3 Å². The first kappa shape index (κ1) is 19.8. The van der Waals surface area contributed by atoms with Crippen molar-refractivity contribution in [3.05, 3.63) is 83.4 Å². The van der Waals surface area contributed by atoms with Crippen molar-refractivity contribution in [3.63, 3.8) is 0 Å². The van der Waals surface area contributed by atoms with E-state index < -0.39 is 11.9 Å². The van der Waals surface area contributed by atoms with Crippen LogP contribution in [0.4, 0.5) is 5.69 Å². The highest BCUT2D eigenvalue weighted by Gasteiger charge is 2.19. The fourth-order valence-electron chi connectivity index (χ4n) is 2.93. The van der Waals surface area contributed by atoms with Crippen molar-refractivity contribution in [1.29, 1.82) is 0 Å². The van der Waals surface area contributed by atoms with E-state index in [-0.39, 0.29) is 17.0 Å². The SMILES string of the molecule is COC(=O)c1ccc(NC(=O)C=Cc2cccc3ccccc23)cc1C(=O)OC. The lowest BCUT2D eigenvalue weighted by molar-refractivity contribution is -0.111. The molecule has 0 radical (unpaired) electrons. The fraction of sp³-hybridized carbons (Fsp3) is 0.0870. The van der Waals surface area contributed by atoms with Crippen molar-refractivity contribution in [2.75, 3.05) is 19.5 Å². The molecule has 0 unspecified atom stereocenters. The highest BCUT2D eigenvalue weighted by Crippen LogP contribution is 2.20. The number of fused-ring (bicyclic) bond motifs is 1. The number of carbonyl (C=O) groups excluding carboxylic acids is 3. The van der Waals surface area contributed by atoms with E-state index in [1.807, 2.05) is 42.5 Å². The summed E-state index contributed by atoms with van der Waals surface area (Å²) in [6.45, 7) is 0. The van der Waals surface area contributed by atoms with Crippen molar-refractivity contribution in [1.82, 2.24) is 0 Å². The van der Waals surface area contributed by atoms with E-state index in [0.717, 1.165) is 16.3 Å². The van der Waals surface area contributed by atoms with Crippen LogP contribution in [0, 0.1) is 0 Å². The number of nitrogens with one attached hydrogen (secondary N) is 1. The summed E-state index contributed by atoms with van der Waals surface area (Å²) >= 11 is 0. The summed E-state index contributed by atoms with van der Waals surface area (Å²) in [5.74, 6) is -1.74. The molecule has 0 aliphatic rings. The second-order valence-electron chi connectivity index (χ2n) is 6.13. The zero-order chi connectivity index (χ0) is 20.8. The number of anilines is 1. The predicted molar refractivity (Wildman–Crippen MR) is 111 cm³/mol. The Morgan fingerprint density at radius 3 is 2.28 bits per heavy atom. The van der Waals surface area contributed by atoms with E-state index in [9.17, 15) is 14.4 Å². The minimum absolute atomic E-state index is 0.00943. The Bertz CT molecular complexity index is 1110. The van der Waals surface area contributed by atoms with E-state index in [2.05, 4.69) is 10.1 Å². The first-order valence-corrected chi connectivity index (χ1v) is 8.81. The third-order valence-corrected chi connectivity index (χ3v) is 4.34. The Labute approximate surface area is 167 Å². The standard InChI is InChI=1S/C23H19NO5/c1-28-22(26)19-12-11-17(14-20(19)23(27)29-2)24-21(25)13-10-16-8-5-7-15-6-3-4-9-18(15)16/h3-14H,1-2H3,(H,24,25). The zero-order valence-corrected chi connectivity index (χ0v) is 16.0. The number of rotatable bonds is 5. The second-order valence-corrected chi connectivity index (χ2v) is 6.13. The van der Waals surface area contributed by atoms with Crippen LogP contribution in [0.1, 0.15) is 26.3 Å². The Balaban J connectivity index is 1.82. The van der Waals surface area contributed by atoms with Gasteiger partial charge in [0.2, 0.25) is 5.91 Å². The van der Waals surface area contributed by atoms with E-state index in [4.69, 9.17) is 4.74 Å². The van der Waals surface area contributed by atoms with E-state index >= 15 is 0 Å². The molecule has 0 saturated carbocycles. The van der Waals surface area contributed by atoms with Gasteiger partial charge in [0, 0.05) is 11.8 Å². The molecule has 0 aliphatic carbocycles. The Morgan fingerprint density at radius 2 is 1.52 bits per heavy atom. The van der Waals surface area contributed by atoms with Gasteiger partial charge in [-0.15, -0.1) is 0 Å². The Hall–Kier alpha value is -3.93. The highest BCUT2D eigenvalue weighted by atomic mass is 16.5. The average Bonchev–Trinajstić information content (AvgIpc) is 2.76. The number of methoxy groups -OCH3 is 2. The van der Waals surface area contributed by atoms with E-state index in [1.54, 1.807) is 6.08 Å². The summed E-state index contributed by atoms with van der Waals surface area (Å²) in [6.07, 6.45) is 3.13. The maximum absolute atomic E-state index is 12.3. The molecule has 146 valence electrons. The summed E-state index contributed by atoms with van der Waals surface area (Å²) in [6, 6.07) is 18.0. The molecule has 0 aliphatic heterocycles. The maximum Gasteiger partial charge on any atom is 0.338 e. The smallest absolute Gasteiger partial charge is 0.338 e. The monoisotopic (exact) mass is 389 g/mol. The van der Waals surface area contributed by atoms with Gasteiger partial charge >= 0.3 is 11.9 Å². The van der Waals surface area contributed by atoms with Gasteiger partial charge in [0.05, 0.1) is 25.3 Å². The molecule has 0 aromatic heterocycles. The summed E-state index contributed by atoms with van der Waals surface area (Å²) in [4.78, 5) is 36.1. The molecule has 1 amide bonds. The third kappa shape index (κ3) is 4.50. The van der Waals surface area contributed by atoms with Gasteiger partial charge in [-0.2, -0.15) is 0 Å². The summed E-state index contributed by atoms with van der Waals surface area (Å²) in [5, 5.41) is 4.79. The van der Waals surface area contributed by atoms with Crippen molar-refractivity contribution >= 4 is 40.4 Å². The molecule has 0 bridgehead atoms. The topological polar surface area (TPSA) is 81.7 Å². The molecule has 3 aromatic rings. The Kier molecular flexibility index (Phi) is 6.04. The van der Waals surface area contributed by atoms with Crippen LogP contribution in [0.25, 0.3) is 16.8 Å². The van der Waals surface area contributed by atoms with Gasteiger partial charge in [0.1, 0.15) is 0 Å². The van der Waals surface area contributed by atoms with Gasteiger partial charge in [-0.1, -0.05) is 42.5 Å². The number of carbonyl (C=O) groups is 3. The first-order valence-electron chi connectivity index (χ1n) is 8.81. The number of amides is 1. The normalized spacial score (nSPS) is 10.7. The van der Waals surface area contributed by atoms with Crippen molar-refractivity contribution in [2.24, 2.45) is 0 Å². The number of esters is 2. The largest absolute Gasteiger partial charge is 0.465 e. The quantitative estimate of drug-likeness (QED) is 0.526. The van der Waals surface area contributed by atoms with Gasteiger partial charge in [0.25, 0.3) is 0 Å². The fourth-order valence-corrected chi connectivity index (χ4v) is 2.93. The van der Waals surface area contributed by atoms with Gasteiger partial charge in [-0.3, -0.25) is 4.79 Å². The van der Waals surface area contributed by atoms with E-state index in [0.29, 0.717) is 5.69 Å². The predicted octanol–water partition coefficient (Wildman–Crippen LogP) is 4.06. The lowest BCUT2D eigenvalue weighted by atomic mass is 10.0. The molecule has 3 rings (SSSR count). The molecule has 29 heavy (non-hydrogen) atoms. The lowest BCUT2D eigenvalue weighted by Gasteiger charge is -2.09. The van der Waals surface area contributed by atoms with Gasteiger partial charge in [-0.25, -0.2) is 9.59 Å². The zero-order valence-electron chi connectivity index (χ0n) is 16.0. The molecule has 3 aromatic carbocycles. The molecule has 0 fully saturated rings. The molecule has 6 heteroatoms. The van der Waals surface area contributed by atoms with Gasteiger partial charge in [-0.05, 0) is 40.6 Å². The van der Waals surface area contributed by atoms with Crippen LogP contribution >= 0.6 is 0 Å². The van der Waals surface area contributed by atoms with Crippen LogP contribution in [0.5, 0.6) is 0 Å². The molecule has 0 atom stereocenters. The number of hydrogen-bond donors (Lipinski definition) is 1. The third-order valence-electron chi connectivity index (χ3n) is 4.34. The van der Waals surface area contributed by atoms with Crippen LogP contribution in [0.15, 0.2) is 66.7 Å². The van der Waals surface area contributed by atoms with Gasteiger partial charge < -0.3 is 14.8 Å². The first-order chi connectivity index (χ1) is 14.0. The number of benzene rings is 3. The van der Waals surface area contributed by atoms with Crippen LogP contribution in [0.3, 0.4) is 0 Å². The summed E-state index contributed by atoms with van der Waals surface area (Å²) < 4.78 is 9.37. The van der Waals surface area contributed by atoms with Crippen molar-refractivity contribution < 1.29 is 23.9 Å². The van der Waals surface area contributed by atoms with Crippen LogP contribution in [-0.4, -0.2) is 32.1 Å². The second kappa shape index (κ2) is 8.84. The minimum Gasteiger partial charge on any atom is -0.465 e. The number of hydrogen-bond acceptors (Lipinski definition) is 5. The maximum atomic E-state index is 12.3. The lowest BCUT2D eigenvalue weighted by Crippen LogP contribution is -2.14. The van der Waals surface area contributed by atoms with Gasteiger partial charge in [0.15, 0.2) is 0 Å². The molecule has 6 nitrogen and oxygen atoms in total. The molecular formula is C23H19NO5. The molecular weight excluding hydrogens is 370 g/mol. The minimum atomic E-state index is -0.701. The van der Waals surface area contributed by atoms with Crippen LogP contribution in [0.2, 0.25) is 0 Å². The molecule has 0 heterocycles. The Morgan fingerprint density at radius 1 is 0.828 bits per heavy atom. The molecule has 0 saturated heterocycles. The molecule has 0 spiro atoms.